The van der Waals surface area contributed by atoms with Gasteiger partial charge >= 0.3 is 5.97 Å². The van der Waals surface area contributed by atoms with Crippen LogP contribution in [0.25, 0.3) is 10.2 Å². The Morgan fingerprint density at radius 2 is 1.91 bits per heavy atom. The van der Waals surface area contributed by atoms with Crippen LogP contribution in [0.5, 0.6) is 0 Å². The van der Waals surface area contributed by atoms with E-state index in [9.17, 15) is 18.0 Å². The second kappa shape index (κ2) is 9.38. The second-order valence-corrected chi connectivity index (χ2v) is 11.0. The quantitative estimate of drug-likeness (QED) is 0.456. The van der Waals surface area contributed by atoms with Crippen molar-refractivity contribution in [3.63, 3.8) is 0 Å². The SMILES string of the molecule is CCOC(=O)Cn1c(=NC(=O)c2ccc(S(=O)(=O)N(C)C3CC3)cc2)sc2cc(Cl)ccc21. The molecule has 4 rings (SSSR count). The van der Waals surface area contributed by atoms with Gasteiger partial charge in [0.25, 0.3) is 5.91 Å². The van der Waals surface area contributed by atoms with Crippen LogP contribution in [-0.4, -0.2) is 48.9 Å². The number of halogens is 1. The molecular formula is C22H22ClN3O5S2. The number of esters is 1. The molecule has 0 N–H and O–H groups in total. The van der Waals surface area contributed by atoms with Crippen molar-refractivity contribution in [1.29, 1.82) is 0 Å². The maximum absolute atomic E-state index is 12.9. The minimum atomic E-state index is -3.60. The molecule has 3 aromatic rings. The van der Waals surface area contributed by atoms with E-state index in [-0.39, 0.29) is 29.7 Å². The third kappa shape index (κ3) is 5.03. The summed E-state index contributed by atoms with van der Waals surface area (Å²) in [6.45, 7) is 1.85. The lowest BCUT2D eigenvalue weighted by molar-refractivity contribution is -0.143. The lowest BCUT2D eigenvalue weighted by atomic mass is 10.2. The van der Waals surface area contributed by atoms with Gasteiger partial charge in [-0.15, -0.1) is 0 Å². The van der Waals surface area contributed by atoms with Crippen molar-refractivity contribution in [2.45, 2.75) is 37.2 Å². The van der Waals surface area contributed by atoms with Gasteiger partial charge in [0.05, 0.1) is 21.7 Å². The summed E-state index contributed by atoms with van der Waals surface area (Å²) in [5.74, 6) is -1.000. The summed E-state index contributed by atoms with van der Waals surface area (Å²) in [5.41, 5.74) is 0.940. The molecule has 11 heteroatoms. The van der Waals surface area contributed by atoms with Crippen molar-refractivity contribution in [2.75, 3.05) is 13.7 Å². The van der Waals surface area contributed by atoms with E-state index in [4.69, 9.17) is 16.3 Å². The van der Waals surface area contributed by atoms with Gasteiger partial charge in [-0.3, -0.25) is 9.59 Å². The van der Waals surface area contributed by atoms with Gasteiger partial charge in [0, 0.05) is 23.7 Å². The Morgan fingerprint density at radius 3 is 2.55 bits per heavy atom. The first-order valence-corrected chi connectivity index (χ1v) is 13.0. The molecular weight excluding hydrogens is 486 g/mol. The molecule has 1 aliphatic carbocycles. The van der Waals surface area contributed by atoms with Crippen LogP contribution in [0, 0.1) is 0 Å². The standard InChI is InChI=1S/C22H22ClN3O5S2/c1-3-31-20(27)13-26-18-11-6-15(23)12-19(18)32-22(26)24-21(28)14-4-9-17(10-5-14)33(29,30)25(2)16-7-8-16/h4-6,9-12,16H,3,7-8,13H2,1-2H3. The molecule has 1 aromatic heterocycles. The summed E-state index contributed by atoms with van der Waals surface area (Å²) >= 11 is 7.31. The van der Waals surface area contributed by atoms with Crippen LogP contribution in [0.1, 0.15) is 30.1 Å². The van der Waals surface area contributed by atoms with Crippen LogP contribution in [0.15, 0.2) is 52.4 Å². The molecule has 174 valence electrons. The number of sulfonamides is 1. The number of fused-ring (bicyclic) bond motifs is 1. The monoisotopic (exact) mass is 507 g/mol. The van der Waals surface area contributed by atoms with Crippen LogP contribution >= 0.6 is 22.9 Å². The summed E-state index contributed by atoms with van der Waals surface area (Å²) in [5, 5.41) is 0.526. The molecule has 0 bridgehead atoms. The maximum Gasteiger partial charge on any atom is 0.326 e. The molecule has 1 fully saturated rings. The largest absolute Gasteiger partial charge is 0.465 e. The number of carbonyl (C=O) groups excluding carboxylic acids is 2. The van der Waals surface area contributed by atoms with Gasteiger partial charge < -0.3 is 9.30 Å². The molecule has 0 radical (unpaired) electrons. The lowest BCUT2D eigenvalue weighted by Crippen LogP contribution is -2.28. The predicted octanol–water partition coefficient (Wildman–Crippen LogP) is 3.44. The lowest BCUT2D eigenvalue weighted by Gasteiger charge is -2.16. The van der Waals surface area contributed by atoms with Crippen LogP contribution in [0.2, 0.25) is 5.02 Å². The van der Waals surface area contributed by atoms with Crippen LogP contribution in [-0.2, 0) is 26.1 Å². The Labute approximate surface area is 200 Å². The normalized spacial score (nSPS) is 14.7. The third-order valence-corrected chi connectivity index (χ3v) is 8.47. The summed E-state index contributed by atoms with van der Waals surface area (Å²) in [4.78, 5) is 29.6. The number of carbonyl (C=O) groups is 2. The first kappa shape index (κ1) is 23.6. The molecule has 1 amide bonds. The van der Waals surface area contributed by atoms with E-state index in [0.717, 1.165) is 17.5 Å². The third-order valence-electron chi connectivity index (χ3n) is 5.27. The van der Waals surface area contributed by atoms with Crippen molar-refractivity contribution in [1.82, 2.24) is 8.87 Å². The number of ether oxygens (including phenoxy) is 1. The zero-order valence-corrected chi connectivity index (χ0v) is 20.4. The molecule has 1 saturated carbocycles. The average molecular weight is 508 g/mol. The van der Waals surface area contributed by atoms with Gasteiger partial charge in [0.15, 0.2) is 4.80 Å². The highest BCUT2D eigenvalue weighted by molar-refractivity contribution is 7.89. The number of amides is 1. The summed E-state index contributed by atoms with van der Waals surface area (Å²) < 4.78 is 34.1. The molecule has 1 heterocycles. The van der Waals surface area contributed by atoms with E-state index in [1.807, 2.05) is 0 Å². The number of nitrogens with zero attached hydrogens (tertiary/aromatic N) is 3. The fourth-order valence-electron chi connectivity index (χ4n) is 3.34. The second-order valence-electron chi connectivity index (χ2n) is 7.58. The van der Waals surface area contributed by atoms with Crippen molar-refractivity contribution in [3.05, 3.63) is 57.9 Å². The number of thiazole rings is 1. The number of aromatic nitrogens is 1. The van der Waals surface area contributed by atoms with E-state index >= 15 is 0 Å². The molecule has 8 nitrogen and oxygen atoms in total. The number of benzene rings is 2. The van der Waals surface area contributed by atoms with Gasteiger partial charge in [0.1, 0.15) is 6.54 Å². The van der Waals surface area contributed by atoms with Gasteiger partial charge in [0.2, 0.25) is 10.0 Å². The van der Waals surface area contributed by atoms with Crippen LogP contribution in [0.4, 0.5) is 0 Å². The topological polar surface area (TPSA) is 98.0 Å². The van der Waals surface area contributed by atoms with Gasteiger partial charge in [-0.05, 0) is 62.2 Å². The zero-order valence-electron chi connectivity index (χ0n) is 18.0. The van der Waals surface area contributed by atoms with E-state index in [0.29, 0.717) is 15.3 Å². The number of hydrogen-bond donors (Lipinski definition) is 0. The Morgan fingerprint density at radius 1 is 1.21 bits per heavy atom. The van der Waals surface area contributed by atoms with Crippen LogP contribution < -0.4 is 4.80 Å². The summed E-state index contributed by atoms with van der Waals surface area (Å²) in [7, 11) is -2.03. The van der Waals surface area contributed by atoms with Crippen molar-refractivity contribution in [2.24, 2.45) is 4.99 Å². The van der Waals surface area contributed by atoms with Gasteiger partial charge in [-0.25, -0.2) is 8.42 Å². The molecule has 33 heavy (non-hydrogen) atoms. The number of rotatable bonds is 7. The van der Waals surface area contributed by atoms with Crippen molar-refractivity contribution >= 4 is 55.1 Å². The van der Waals surface area contributed by atoms with E-state index in [2.05, 4.69) is 4.99 Å². The average Bonchev–Trinajstić information content (AvgIpc) is 3.58. The molecule has 0 atom stereocenters. The molecule has 1 aliphatic rings. The zero-order chi connectivity index (χ0) is 23.8. The molecule has 0 saturated heterocycles. The smallest absolute Gasteiger partial charge is 0.326 e. The molecule has 0 spiro atoms. The van der Waals surface area contributed by atoms with Crippen LogP contribution in [0.3, 0.4) is 0 Å². The highest BCUT2D eigenvalue weighted by Crippen LogP contribution is 2.30. The fourth-order valence-corrected chi connectivity index (χ4v) is 6.06. The highest BCUT2D eigenvalue weighted by Gasteiger charge is 2.35. The maximum atomic E-state index is 12.9. The fraction of sp³-hybridized carbons (Fsp3) is 0.318. The minimum absolute atomic E-state index is 0.0441. The number of hydrogen-bond acceptors (Lipinski definition) is 6. The van der Waals surface area contributed by atoms with E-state index in [1.165, 1.54) is 39.9 Å². The highest BCUT2D eigenvalue weighted by atomic mass is 35.5. The first-order valence-electron chi connectivity index (χ1n) is 10.3. The Balaban J connectivity index is 1.67. The Kier molecular flexibility index (Phi) is 6.71. The summed E-state index contributed by atoms with van der Waals surface area (Å²) in [6.07, 6.45) is 1.72. The Bertz CT molecular complexity index is 1390. The Hall–Kier alpha value is -2.53. The summed E-state index contributed by atoms with van der Waals surface area (Å²) in [6, 6.07) is 10.9. The molecule has 0 unspecified atom stereocenters. The molecule has 0 aliphatic heterocycles. The predicted molar refractivity (Wildman–Crippen MR) is 126 cm³/mol. The first-order chi connectivity index (χ1) is 15.7. The molecule has 2 aromatic carbocycles. The van der Waals surface area contributed by atoms with E-state index in [1.54, 1.807) is 36.7 Å². The van der Waals surface area contributed by atoms with Gasteiger partial charge in [-0.1, -0.05) is 22.9 Å². The minimum Gasteiger partial charge on any atom is -0.465 e. The van der Waals surface area contributed by atoms with E-state index < -0.39 is 21.9 Å². The van der Waals surface area contributed by atoms with Crippen molar-refractivity contribution in [3.8, 4) is 0 Å². The van der Waals surface area contributed by atoms with Crippen molar-refractivity contribution < 1.29 is 22.7 Å². The van der Waals surface area contributed by atoms with Gasteiger partial charge in [-0.2, -0.15) is 9.30 Å².